The summed E-state index contributed by atoms with van der Waals surface area (Å²) < 4.78 is 6.83. The van der Waals surface area contributed by atoms with Gasteiger partial charge in [0.25, 0.3) is 0 Å². The van der Waals surface area contributed by atoms with Crippen LogP contribution in [0.2, 0.25) is 0 Å². The Bertz CT molecular complexity index is 353. The van der Waals surface area contributed by atoms with Gasteiger partial charge in [-0.2, -0.15) is 5.10 Å². The summed E-state index contributed by atoms with van der Waals surface area (Å²) in [5.41, 5.74) is 0.942. The van der Waals surface area contributed by atoms with Gasteiger partial charge in [-0.3, -0.25) is 4.68 Å². The molecule has 1 aliphatic rings. The first-order chi connectivity index (χ1) is 6.68. The highest BCUT2D eigenvalue weighted by atomic mass is 35.5. The molecule has 0 aliphatic carbocycles. The summed E-state index contributed by atoms with van der Waals surface area (Å²) in [6.07, 6.45) is 3.59. The lowest BCUT2D eigenvalue weighted by Gasteiger charge is -2.11. The number of carboxylic acid groups (broad SMARTS) is 1. The molecule has 5 nitrogen and oxygen atoms in total. The van der Waals surface area contributed by atoms with Gasteiger partial charge in [0, 0.05) is 25.8 Å². The van der Waals surface area contributed by atoms with Gasteiger partial charge in [-0.1, -0.05) is 0 Å². The van der Waals surface area contributed by atoms with Crippen LogP contribution in [0.3, 0.4) is 0 Å². The van der Waals surface area contributed by atoms with Crippen LogP contribution in [-0.2, 0) is 16.6 Å². The number of ether oxygens (including phenoxy) is 1. The molecule has 1 aromatic rings. The molecule has 6 heteroatoms. The maximum atomic E-state index is 10.8. The summed E-state index contributed by atoms with van der Waals surface area (Å²) in [6.45, 7) is 0.510. The van der Waals surface area contributed by atoms with Gasteiger partial charge >= 0.3 is 5.97 Å². The summed E-state index contributed by atoms with van der Waals surface area (Å²) in [5.74, 6) is -0.947. The lowest BCUT2D eigenvalue weighted by molar-refractivity contribution is -0.148. The molecule has 0 aromatic carbocycles. The van der Waals surface area contributed by atoms with Crippen molar-refractivity contribution in [2.24, 2.45) is 7.05 Å². The number of aromatic nitrogens is 2. The van der Waals surface area contributed by atoms with Crippen LogP contribution >= 0.6 is 12.4 Å². The normalized spacial score (nSPS) is 24.9. The third-order valence-corrected chi connectivity index (χ3v) is 2.49. The summed E-state index contributed by atoms with van der Waals surface area (Å²) >= 11 is 0. The van der Waals surface area contributed by atoms with Crippen LogP contribution < -0.4 is 0 Å². The second-order valence-electron chi connectivity index (χ2n) is 3.47. The van der Waals surface area contributed by atoms with E-state index in [1.165, 1.54) is 0 Å². The largest absolute Gasteiger partial charge is 0.479 e. The molecule has 0 amide bonds. The fraction of sp³-hybridized carbons (Fsp3) is 0.556. The van der Waals surface area contributed by atoms with Crippen LogP contribution in [0.4, 0.5) is 0 Å². The number of aliphatic carboxylic acids is 1. The van der Waals surface area contributed by atoms with Gasteiger partial charge in [0.05, 0.1) is 6.20 Å². The highest BCUT2D eigenvalue weighted by molar-refractivity contribution is 5.85. The van der Waals surface area contributed by atoms with E-state index in [-0.39, 0.29) is 18.3 Å². The number of carbonyl (C=O) groups is 1. The SMILES string of the molecule is Cl.Cn1cc(C2CCOC2C(=O)O)cn1. The van der Waals surface area contributed by atoms with Crippen molar-refractivity contribution in [1.82, 2.24) is 9.78 Å². The minimum atomic E-state index is -0.892. The van der Waals surface area contributed by atoms with E-state index in [0.717, 1.165) is 12.0 Å². The molecule has 84 valence electrons. The van der Waals surface area contributed by atoms with Crippen LogP contribution in [0, 0.1) is 0 Å². The Hall–Kier alpha value is -1.07. The van der Waals surface area contributed by atoms with Crippen molar-refractivity contribution in [3.05, 3.63) is 18.0 Å². The second kappa shape index (κ2) is 4.63. The van der Waals surface area contributed by atoms with E-state index in [1.54, 1.807) is 10.9 Å². The number of hydrogen-bond acceptors (Lipinski definition) is 3. The van der Waals surface area contributed by atoms with E-state index in [9.17, 15) is 4.79 Å². The number of aryl methyl sites for hydroxylation is 1. The number of hydrogen-bond donors (Lipinski definition) is 1. The zero-order chi connectivity index (χ0) is 10.1. The van der Waals surface area contributed by atoms with E-state index in [4.69, 9.17) is 9.84 Å². The van der Waals surface area contributed by atoms with E-state index in [1.807, 2.05) is 13.2 Å². The molecule has 0 radical (unpaired) electrons. The van der Waals surface area contributed by atoms with Crippen molar-refractivity contribution in [2.75, 3.05) is 6.61 Å². The summed E-state index contributed by atoms with van der Waals surface area (Å²) in [4.78, 5) is 10.8. The quantitative estimate of drug-likeness (QED) is 0.819. The second-order valence-corrected chi connectivity index (χ2v) is 3.47. The number of nitrogens with zero attached hydrogens (tertiary/aromatic N) is 2. The number of halogens is 1. The predicted molar refractivity (Wildman–Crippen MR) is 55.2 cm³/mol. The topological polar surface area (TPSA) is 64.3 Å². The lowest BCUT2D eigenvalue weighted by atomic mass is 9.95. The molecular formula is C9H13ClN2O3. The zero-order valence-electron chi connectivity index (χ0n) is 8.29. The Kier molecular flexibility index (Phi) is 3.71. The molecule has 15 heavy (non-hydrogen) atoms. The minimum absolute atomic E-state index is 0. The summed E-state index contributed by atoms with van der Waals surface area (Å²) in [5, 5.41) is 12.9. The molecule has 1 aliphatic heterocycles. The van der Waals surface area contributed by atoms with Crippen molar-refractivity contribution in [3.63, 3.8) is 0 Å². The first-order valence-electron chi connectivity index (χ1n) is 4.51. The number of rotatable bonds is 2. The molecule has 0 bridgehead atoms. The molecule has 2 heterocycles. The summed E-state index contributed by atoms with van der Waals surface area (Å²) in [6, 6.07) is 0. The average molecular weight is 233 g/mol. The van der Waals surface area contributed by atoms with Crippen LogP contribution in [0.15, 0.2) is 12.4 Å². The Morgan fingerprint density at radius 1 is 1.73 bits per heavy atom. The molecule has 1 N–H and O–H groups in total. The highest BCUT2D eigenvalue weighted by Gasteiger charge is 2.35. The Labute approximate surface area is 93.4 Å². The van der Waals surface area contributed by atoms with Crippen LogP contribution in [0.1, 0.15) is 17.9 Å². The third kappa shape index (κ3) is 2.30. The zero-order valence-corrected chi connectivity index (χ0v) is 9.11. The highest BCUT2D eigenvalue weighted by Crippen LogP contribution is 2.30. The van der Waals surface area contributed by atoms with Gasteiger partial charge in [-0.05, 0) is 12.0 Å². The molecule has 2 atom stereocenters. The third-order valence-electron chi connectivity index (χ3n) is 2.49. The lowest BCUT2D eigenvalue weighted by Crippen LogP contribution is -2.24. The maximum Gasteiger partial charge on any atom is 0.333 e. The van der Waals surface area contributed by atoms with Gasteiger partial charge in [0.1, 0.15) is 0 Å². The first-order valence-corrected chi connectivity index (χ1v) is 4.51. The summed E-state index contributed by atoms with van der Waals surface area (Å²) in [7, 11) is 1.81. The van der Waals surface area contributed by atoms with Gasteiger partial charge < -0.3 is 9.84 Å². The van der Waals surface area contributed by atoms with Gasteiger partial charge in [0.15, 0.2) is 6.10 Å². The predicted octanol–water partition coefficient (Wildman–Crippen LogP) is 0.799. The van der Waals surface area contributed by atoms with Gasteiger partial charge in [-0.15, -0.1) is 12.4 Å². The van der Waals surface area contributed by atoms with Crippen molar-refractivity contribution in [3.8, 4) is 0 Å². The van der Waals surface area contributed by atoms with E-state index < -0.39 is 12.1 Å². The Morgan fingerprint density at radius 2 is 2.47 bits per heavy atom. The van der Waals surface area contributed by atoms with Crippen molar-refractivity contribution >= 4 is 18.4 Å². The van der Waals surface area contributed by atoms with Crippen LogP contribution in [0.5, 0.6) is 0 Å². The van der Waals surface area contributed by atoms with Crippen molar-refractivity contribution < 1.29 is 14.6 Å². The average Bonchev–Trinajstić information content (AvgIpc) is 2.70. The Balaban J connectivity index is 0.00000112. The molecule has 0 spiro atoms. The van der Waals surface area contributed by atoms with E-state index >= 15 is 0 Å². The Morgan fingerprint density at radius 3 is 3.00 bits per heavy atom. The van der Waals surface area contributed by atoms with Gasteiger partial charge in [0.2, 0.25) is 0 Å². The van der Waals surface area contributed by atoms with Gasteiger partial charge in [-0.25, -0.2) is 4.79 Å². The monoisotopic (exact) mass is 232 g/mol. The molecule has 1 aromatic heterocycles. The number of carboxylic acids is 1. The maximum absolute atomic E-state index is 10.8. The van der Waals surface area contributed by atoms with Crippen LogP contribution in [0.25, 0.3) is 0 Å². The fourth-order valence-electron chi connectivity index (χ4n) is 1.81. The van der Waals surface area contributed by atoms with Crippen molar-refractivity contribution in [1.29, 1.82) is 0 Å². The van der Waals surface area contributed by atoms with Crippen molar-refractivity contribution in [2.45, 2.75) is 18.4 Å². The standard InChI is InChI=1S/C9H12N2O3.ClH/c1-11-5-6(4-10-11)7-2-3-14-8(7)9(12)13;/h4-5,7-8H,2-3H2,1H3,(H,12,13);1H. The first kappa shape index (κ1) is 12.0. The molecular weight excluding hydrogens is 220 g/mol. The van der Waals surface area contributed by atoms with Crippen LogP contribution in [-0.4, -0.2) is 33.6 Å². The van der Waals surface area contributed by atoms with E-state index in [2.05, 4.69) is 5.10 Å². The molecule has 2 unspecified atom stereocenters. The molecule has 2 rings (SSSR count). The molecule has 1 saturated heterocycles. The molecule has 0 saturated carbocycles. The molecule has 1 fully saturated rings. The fourth-order valence-corrected chi connectivity index (χ4v) is 1.81. The smallest absolute Gasteiger partial charge is 0.333 e. The minimum Gasteiger partial charge on any atom is -0.479 e. The van der Waals surface area contributed by atoms with E-state index in [0.29, 0.717) is 6.61 Å².